The van der Waals surface area contributed by atoms with E-state index in [-0.39, 0.29) is 6.61 Å². The van der Waals surface area contributed by atoms with E-state index in [1.54, 1.807) is 18.5 Å². The maximum Gasteiger partial charge on any atom is 0.338 e. The Bertz CT molecular complexity index is 835. The van der Waals surface area contributed by atoms with E-state index in [4.69, 9.17) is 4.74 Å². The number of carbonyl (C=O) groups is 1. The number of ether oxygens (including phenoxy) is 1. The molecule has 0 bridgehead atoms. The zero-order valence-electron chi connectivity index (χ0n) is 15.3. The molecule has 2 aromatic carbocycles. The predicted molar refractivity (Wildman–Crippen MR) is 97.8 cm³/mol. The van der Waals surface area contributed by atoms with Gasteiger partial charge in [0.25, 0.3) is 0 Å². The first-order valence-electron chi connectivity index (χ1n) is 8.29. The van der Waals surface area contributed by atoms with Crippen molar-refractivity contribution in [2.45, 2.75) is 27.4 Å². The SMILES string of the molecule is CCN(C)C=Nc1ccc(C(=O)OCc2ccc(F)c(F)c2)c(C)c1C. The van der Waals surface area contributed by atoms with Gasteiger partial charge in [-0.3, -0.25) is 0 Å². The lowest BCUT2D eigenvalue weighted by Gasteiger charge is -2.12. The largest absolute Gasteiger partial charge is 0.457 e. The molecule has 0 aliphatic carbocycles. The third-order valence-corrected chi connectivity index (χ3v) is 4.23. The summed E-state index contributed by atoms with van der Waals surface area (Å²) in [5, 5.41) is 0. The van der Waals surface area contributed by atoms with Gasteiger partial charge in [0.2, 0.25) is 0 Å². The number of hydrogen-bond donors (Lipinski definition) is 0. The van der Waals surface area contributed by atoms with Crippen LogP contribution in [-0.2, 0) is 11.3 Å². The van der Waals surface area contributed by atoms with E-state index in [1.165, 1.54) is 6.07 Å². The van der Waals surface area contributed by atoms with Crippen LogP contribution in [0.25, 0.3) is 0 Å². The van der Waals surface area contributed by atoms with Crippen molar-refractivity contribution in [3.8, 4) is 0 Å². The highest BCUT2D eigenvalue weighted by Gasteiger charge is 2.14. The molecule has 0 heterocycles. The lowest BCUT2D eigenvalue weighted by atomic mass is 10.0. The van der Waals surface area contributed by atoms with Gasteiger partial charge in [0.15, 0.2) is 11.6 Å². The summed E-state index contributed by atoms with van der Waals surface area (Å²) in [5.74, 6) is -2.42. The Morgan fingerprint density at radius 2 is 1.88 bits per heavy atom. The summed E-state index contributed by atoms with van der Waals surface area (Å²) >= 11 is 0. The fourth-order valence-corrected chi connectivity index (χ4v) is 2.27. The van der Waals surface area contributed by atoms with Crippen molar-refractivity contribution >= 4 is 18.0 Å². The first kappa shape index (κ1) is 19.6. The van der Waals surface area contributed by atoms with Crippen LogP contribution in [0.3, 0.4) is 0 Å². The molecule has 0 saturated heterocycles. The maximum absolute atomic E-state index is 13.2. The fourth-order valence-electron chi connectivity index (χ4n) is 2.27. The van der Waals surface area contributed by atoms with E-state index in [0.717, 1.165) is 35.5 Å². The van der Waals surface area contributed by atoms with E-state index in [1.807, 2.05) is 32.7 Å². The molecule has 0 fully saturated rings. The molecule has 4 nitrogen and oxygen atoms in total. The molecule has 0 radical (unpaired) electrons. The number of esters is 1. The summed E-state index contributed by atoms with van der Waals surface area (Å²) in [6.07, 6.45) is 1.74. The topological polar surface area (TPSA) is 41.9 Å². The van der Waals surface area contributed by atoms with E-state index in [0.29, 0.717) is 11.1 Å². The van der Waals surface area contributed by atoms with Crippen LogP contribution in [0, 0.1) is 25.5 Å². The zero-order valence-corrected chi connectivity index (χ0v) is 15.3. The van der Waals surface area contributed by atoms with E-state index in [2.05, 4.69) is 4.99 Å². The molecular weight excluding hydrogens is 338 g/mol. The minimum absolute atomic E-state index is 0.129. The van der Waals surface area contributed by atoms with Crippen LogP contribution < -0.4 is 0 Å². The van der Waals surface area contributed by atoms with Crippen LogP contribution in [0.5, 0.6) is 0 Å². The molecular formula is C20H22F2N2O2. The van der Waals surface area contributed by atoms with Gasteiger partial charge in [-0.05, 0) is 61.7 Å². The highest BCUT2D eigenvalue weighted by molar-refractivity contribution is 5.92. The Morgan fingerprint density at radius 1 is 1.15 bits per heavy atom. The molecule has 0 aromatic heterocycles. The lowest BCUT2D eigenvalue weighted by molar-refractivity contribution is 0.0471. The van der Waals surface area contributed by atoms with Crippen molar-refractivity contribution in [2.75, 3.05) is 13.6 Å². The van der Waals surface area contributed by atoms with Crippen molar-refractivity contribution in [1.29, 1.82) is 0 Å². The highest BCUT2D eigenvalue weighted by atomic mass is 19.2. The summed E-state index contributed by atoms with van der Waals surface area (Å²) in [4.78, 5) is 18.7. The smallest absolute Gasteiger partial charge is 0.338 e. The van der Waals surface area contributed by atoms with Crippen molar-refractivity contribution < 1.29 is 18.3 Å². The normalized spacial score (nSPS) is 11.0. The third kappa shape index (κ3) is 4.65. The molecule has 0 aliphatic heterocycles. The summed E-state index contributed by atoms with van der Waals surface area (Å²) < 4.78 is 31.4. The Balaban J connectivity index is 2.12. The van der Waals surface area contributed by atoms with Gasteiger partial charge in [0, 0.05) is 13.6 Å². The number of rotatable bonds is 6. The maximum atomic E-state index is 13.2. The Hall–Kier alpha value is -2.76. The number of carbonyl (C=O) groups excluding carboxylic acids is 1. The number of aliphatic imine (C=N–C) groups is 1. The Labute approximate surface area is 152 Å². The third-order valence-electron chi connectivity index (χ3n) is 4.23. The average molecular weight is 360 g/mol. The number of halogens is 2. The number of benzene rings is 2. The van der Waals surface area contributed by atoms with E-state index in [9.17, 15) is 13.6 Å². The minimum atomic E-state index is -0.968. The monoisotopic (exact) mass is 360 g/mol. The second kappa shape index (κ2) is 8.56. The van der Waals surface area contributed by atoms with Crippen molar-refractivity contribution in [1.82, 2.24) is 4.90 Å². The zero-order chi connectivity index (χ0) is 19.3. The molecule has 0 amide bonds. The molecule has 0 unspecified atom stereocenters. The quantitative estimate of drug-likeness (QED) is 0.431. The molecule has 0 saturated carbocycles. The van der Waals surface area contributed by atoms with E-state index < -0.39 is 17.6 Å². The van der Waals surface area contributed by atoms with Crippen LogP contribution in [-0.4, -0.2) is 30.8 Å². The molecule has 6 heteroatoms. The van der Waals surface area contributed by atoms with Gasteiger partial charge < -0.3 is 9.64 Å². The van der Waals surface area contributed by atoms with Crippen LogP contribution in [0.2, 0.25) is 0 Å². The van der Waals surface area contributed by atoms with Gasteiger partial charge in [-0.2, -0.15) is 0 Å². The second-order valence-electron chi connectivity index (χ2n) is 6.02. The molecule has 0 aliphatic rings. The van der Waals surface area contributed by atoms with Gasteiger partial charge in [0.1, 0.15) is 6.61 Å². The van der Waals surface area contributed by atoms with Crippen molar-refractivity contribution in [3.05, 3.63) is 64.2 Å². The van der Waals surface area contributed by atoms with Crippen LogP contribution in [0.1, 0.15) is 34.0 Å². The standard InChI is InChI=1S/C20H22F2N2O2/c1-5-24(4)12-23-19-9-7-16(13(2)14(19)3)20(25)26-11-15-6-8-17(21)18(22)10-15/h6-10,12H,5,11H2,1-4H3. The van der Waals surface area contributed by atoms with Crippen LogP contribution in [0.4, 0.5) is 14.5 Å². The summed E-state index contributed by atoms with van der Waals surface area (Å²) in [6, 6.07) is 6.83. The van der Waals surface area contributed by atoms with Gasteiger partial charge in [-0.1, -0.05) is 6.07 Å². The molecule has 0 atom stereocenters. The molecule has 138 valence electrons. The first-order valence-corrected chi connectivity index (χ1v) is 8.29. The molecule has 2 aromatic rings. The van der Waals surface area contributed by atoms with Gasteiger partial charge in [0.05, 0.1) is 17.6 Å². The minimum Gasteiger partial charge on any atom is -0.457 e. The Kier molecular flexibility index (Phi) is 6.44. The van der Waals surface area contributed by atoms with Gasteiger partial charge >= 0.3 is 5.97 Å². The number of nitrogens with zero attached hydrogens (tertiary/aromatic N) is 2. The lowest BCUT2D eigenvalue weighted by Crippen LogP contribution is -2.14. The summed E-state index contributed by atoms with van der Waals surface area (Å²) in [6.45, 7) is 6.45. The summed E-state index contributed by atoms with van der Waals surface area (Å²) in [7, 11) is 1.93. The average Bonchev–Trinajstić information content (AvgIpc) is 2.63. The molecule has 0 spiro atoms. The van der Waals surface area contributed by atoms with Gasteiger partial charge in [-0.25, -0.2) is 18.6 Å². The van der Waals surface area contributed by atoms with Crippen LogP contribution in [0.15, 0.2) is 35.3 Å². The molecule has 26 heavy (non-hydrogen) atoms. The van der Waals surface area contributed by atoms with Crippen LogP contribution >= 0.6 is 0 Å². The second-order valence-corrected chi connectivity index (χ2v) is 6.02. The van der Waals surface area contributed by atoms with Crippen molar-refractivity contribution in [3.63, 3.8) is 0 Å². The Morgan fingerprint density at radius 3 is 2.54 bits per heavy atom. The van der Waals surface area contributed by atoms with Crippen molar-refractivity contribution in [2.24, 2.45) is 4.99 Å². The predicted octanol–water partition coefficient (Wildman–Crippen LogP) is 4.55. The number of hydrogen-bond acceptors (Lipinski definition) is 3. The first-order chi connectivity index (χ1) is 12.3. The summed E-state index contributed by atoms with van der Waals surface area (Å²) in [5.41, 5.74) is 3.24. The fraction of sp³-hybridized carbons (Fsp3) is 0.300. The highest BCUT2D eigenvalue weighted by Crippen LogP contribution is 2.25. The molecule has 2 rings (SSSR count). The van der Waals surface area contributed by atoms with E-state index >= 15 is 0 Å². The van der Waals surface area contributed by atoms with Gasteiger partial charge in [-0.15, -0.1) is 0 Å². The molecule has 0 N–H and O–H groups in total.